The van der Waals surface area contributed by atoms with Crippen molar-refractivity contribution in [3.05, 3.63) is 90.4 Å². The van der Waals surface area contributed by atoms with Gasteiger partial charge in [-0.15, -0.1) is 0 Å². The van der Waals surface area contributed by atoms with Gasteiger partial charge in [0.05, 0.1) is 6.20 Å². The fourth-order valence-corrected chi connectivity index (χ4v) is 3.73. The molecule has 128 valence electrons. The summed E-state index contributed by atoms with van der Waals surface area (Å²) in [5, 5.41) is 4.52. The van der Waals surface area contributed by atoms with Gasteiger partial charge in [0, 0.05) is 42.7 Å². The lowest BCUT2D eigenvalue weighted by atomic mass is 9.94. The smallest absolute Gasteiger partial charge is 0.162 e. The van der Waals surface area contributed by atoms with Crippen molar-refractivity contribution in [2.45, 2.75) is 19.0 Å². The second-order valence-electron chi connectivity index (χ2n) is 6.84. The Kier molecular flexibility index (Phi) is 3.76. The van der Waals surface area contributed by atoms with Gasteiger partial charge in [0.1, 0.15) is 0 Å². The molecule has 4 aromatic rings. The summed E-state index contributed by atoms with van der Waals surface area (Å²) in [5.74, 6) is 0. The lowest BCUT2D eigenvalue weighted by molar-refractivity contribution is 0.0816. The summed E-state index contributed by atoms with van der Waals surface area (Å²) in [5.41, 5.74) is 5.72. The molecule has 0 amide bonds. The van der Waals surface area contributed by atoms with Crippen molar-refractivity contribution in [2.75, 3.05) is 6.54 Å². The number of hydrogen-bond donors (Lipinski definition) is 0. The van der Waals surface area contributed by atoms with Crippen LogP contribution >= 0.6 is 0 Å². The zero-order chi connectivity index (χ0) is 17.3. The Morgan fingerprint density at radius 3 is 2.42 bits per heavy atom. The van der Waals surface area contributed by atoms with Crippen LogP contribution in [0.4, 0.5) is 0 Å². The molecule has 0 radical (unpaired) electrons. The molecule has 26 heavy (non-hydrogen) atoms. The number of fused-ring (bicyclic) bond motifs is 1. The largest absolute Gasteiger partial charge is 0.292 e. The fraction of sp³-hybridized carbons (Fsp3) is 0.182. The first-order valence-corrected chi connectivity index (χ1v) is 9.05. The second-order valence-corrected chi connectivity index (χ2v) is 6.84. The predicted molar refractivity (Wildman–Crippen MR) is 103 cm³/mol. The summed E-state index contributed by atoms with van der Waals surface area (Å²) in [6, 6.07) is 21.6. The van der Waals surface area contributed by atoms with Gasteiger partial charge in [-0.3, -0.25) is 4.90 Å². The molecule has 5 rings (SSSR count). The molecule has 2 aromatic carbocycles. The molecule has 4 heteroatoms. The lowest BCUT2D eigenvalue weighted by Crippen LogP contribution is -2.40. The molecule has 1 atom stereocenters. The van der Waals surface area contributed by atoms with Crippen molar-refractivity contribution in [1.29, 1.82) is 0 Å². The van der Waals surface area contributed by atoms with Gasteiger partial charge in [0.15, 0.2) is 5.65 Å². The number of rotatable bonds is 4. The minimum atomic E-state index is 0.518. The van der Waals surface area contributed by atoms with Crippen molar-refractivity contribution in [3.63, 3.8) is 0 Å². The molecule has 0 aliphatic carbocycles. The molecule has 0 bridgehead atoms. The van der Waals surface area contributed by atoms with E-state index in [1.54, 1.807) is 0 Å². The first-order chi connectivity index (χ1) is 12.9. The average Bonchev–Trinajstić information content (AvgIpc) is 3.10. The highest BCUT2D eigenvalue weighted by Crippen LogP contribution is 2.34. The van der Waals surface area contributed by atoms with Crippen LogP contribution in [0.3, 0.4) is 0 Å². The molecule has 4 nitrogen and oxygen atoms in total. The molecule has 1 aliphatic rings. The van der Waals surface area contributed by atoms with Crippen LogP contribution in [0.25, 0.3) is 16.8 Å². The van der Waals surface area contributed by atoms with Gasteiger partial charge < -0.3 is 0 Å². The van der Waals surface area contributed by atoms with Crippen LogP contribution in [0.5, 0.6) is 0 Å². The standard InChI is InChI=1S/C22H20N4/c1-3-7-18(8-4-1)20-14-24-26-16-17(13-23-22(20)26)15-25-12-11-21(25)19-9-5-2-6-10-19/h1-10,13-14,16,21H,11-12,15H2. The second kappa shape index (κ2) is 6.39. The van der Waals surface area contributed by atoms with Gasteiger partial charge in [-0.05, 0) is 17.5 Å². The Balaban J connectivity index is 1.39. The maximum absolute atomic E-state index is 4.70. The summed E-state index contributed by atoms with van der Waals surface area (Å²) in [4.78, 5) is 7.20. The van der Waals surface area contributed by atoms with Crippen molar-refractivity contribution in [1.82, 2.24) is 19.5 Å². The van der Waals surface area contributed by atoms with E-state index in [1.807, 2.05) is 35.1 Å². The molecule has 1 aliphatic heterocycles. The highest BCUT2D eigenvalue weighted by atomic mass is 15.2. The summed E-state index contributed by atoms with van der Waals surface area (Å²) >= 11 is 0. The van der Waals surface area contributed by atoms with Gasteiger partial charge in [0.25, 0.3) is 0 Å². The van der Waals surface area contributed by atoms with E-state index in [2.05, 4.69) is 58.7 Å². The molecule has 1 unspecified atom stereocenters. The minimum absolute atomic E-state index is 0.518. The maximum atomic E-state index is 4.70. The Morgan fingerprint density at radius 2 is 1.69 bits per heavy atom. The van der Waals surface area contributed by atoms with E-state index in [0.29, 0.717) is 6.04 Å². The predicted octanol–water partition coefficient (Wildman–Crippen LogP) is 4.34. The van der Waals surface area contributed by atoms with Crippen molar-refractivity contribution in [2.24, 2.45) is 0 Å². The lowest BCUT2D eigenvalue weighted by Gasteiger charge is -2.41. The third-order valence-electron chi connectivity index (χ3n) is 5.20. The van der Waals surface area contributed by atoms with E-state index in [-0.39, 0.29) is 0 Å². The van der Waals surface area contributed by atoms with Gasteiger partial charge >= 0.3 is 0 Å². The Hall–Kier alpha value is -2.98. The highest BCUT2D eigenvalue weighted by molar-refractivity contribution is 5.76. The maximum Gasteiger partial charge on any atom is 0.162 e. The van der Waals surface area contributed by atoms with E-state index in [4.69, 9.17) is 4.98 Å². The van der Waals surface area contributed by atoms with Crippen molar-refractivity contribution in [3.8, 4) is 11.1 Å². The van der Waals surface area contributed by atoms with E-state index >= 15 is 0 Å². The van der Waals surface area contributed by atoms with E-state index in [0.717, 1.165) is 29.9 Å². The average molecular weight is 340 g/mol. The summed E-state index contributed by atoms with van der Waals surface area (Å²) in [6.07, 6.45) is 7.22. The van der Waals surface area contributed by atoms with Gasteiger partial charge in [-0.1, -0.05) is 60.7 Å². The fourth-order valence-electron chi connectivity index (χ4n) is 3.73. The first kappa shape index (κ1) is 15.3. The topological polar surface area (TPSA) is 33.4 Å². The van der Waals surface area contributed by atoms with Crippen LogP contribution in [-0.2, 0) is 6.54 Å². The van der Waals surface area contributed by atoms with E-state index in [9.17, 15) is 0 Å². The number of likely N-dealkylation sites (tertiary alicyclic amines) is 1. The molecule has 0 N–H and O–H groups in total. The van der Waals surface area contributed by atoms with Crippen LogP contribution in [-0.4, -0.2) is 26.0 Å². The Labute approximate surface area is 152 Å². The van der Waals surface area contributed by atoms with Gasteiger partial charge in [0.2, 0.25) is 0 Å². The number of nitrogens with zero attached hydrogens (tertiary/aromatic N) is 4. The monoisotopic (exact) mass is 340 g/mol. The molecular formula is C22H20N4. The summed E-state index contributed by atoms with van der Waals surface area (Å²) in [6.45, 7) is 2.04. The first-order valence-electron chi connectivity index (χ1n) is 9.05. The highest BCUT2D eigenvalue weighted by Gasteiger charge is 2.29. The van der Waals surface area contributed by atoms with E-state index in [1.165, 1.54) is 17.5 Å². The third-order valence-corrected chi connectivity index (χ3v) is 5.20. The number of aromatic nitrogens is 3. The molecule has 1 fully saturated rings. The van der Waals surface area contributed by atoms with Crippen molar-refractivity contribution < 1.29 is 0 Å². The van der Waals surface area contributed by atoms with Crippen LogP contribution in [0.2, 0.25) is 0 Å². The molecular weight excluding hydrogens is 320 g/mol. The third kappa shape index (κ3) is 2.68. The summed E-state index contributed by atoms with van der Waals surface area (Å²) < 4.78 is 1.90. The van der Waals surface area contributed by atoms with Crippen LogP contribution < -0.4 is 0 Å². The van der Waals surface area contributed by atoms with Crippen molar-refractivity contribution >= 4 is 5.65 Å². The zero-order valence-corrected chi connectivity index (χ0v) is 14.5. The Morgan fingerprint density at radius 1 is 0.923 bits per heavy atom. The quantitative estimate of drug-likeness (QED) is 0.554. The molecule has 3 heterocycles. The number of benzene rings is 2. The van der Waals surface area contributed by atoms with Crippen LogP contribution in [0.15, 0.2) is 79.3 Å². The molecule has 2 aromatic heterocycles. The van der Waals surface area contributed by atoms with Gasteiger partial charge in [-0.2, -0.15) is 5.10 Å². The van der Waals surface area contributed by atoms with Gasteiger partial charge in [-0.25, -0.2) is 9.50 Å². The number of hydrogen-bond acceptors (Lipinski definition) is 3. The molecule has 0 saturated carbocycles. The summed E-state index contributed by atoms with van der Waals surface area (Å²) in [7, 11) is 0. The molecule has 1 saturated heterocycles. The van der Waals surface area contributed by atoms with Crippen LogP contribution in [0.1, 0.15) is 23.6 Å². The Bertz CT molecular complexity index is 1020. The SMILES string of the molecule is c1ccc(-c2cnn3cc(CN4CCC4c4ccccc4)cnc23)cc1. The normalized spacial score (nSPS) is 17.3. The minimum Gasteiger partial charge on any atom is -0.292 e. The van der Waals surface area contributed by atoms with E-state index < -0.39 is 0 Å². The zero-order valence-electron chi connectivity index (χ0n) is 14.5. The van der Waals surface area contributed by atoms with Crippen LogP contribution in [0, 0.1) is 0 Å². The molecule has 0 spiro atoms.